The van der Waals surface area contributed by atoms with E-state index in [0.29, 0.717) is 5.69 Å². The van der Waals surface area contributed by atoms with Gasteiger partial charge in [0.05, 0.1) is 0 Å². The lowest BCUT2D eigenvalue weighted by Gasteiger charge is -2.04. The predicted octanol–water partition coefficient (Wildman–Crippen LogP) is 2.39. The summed E-state index contributed by atoms with van der Waals surface area (Å²) in [7, 11) is 0. The van der Waals surface area contributed by atoms with Crippen LogP contribution in [-0.4, -0.2) is 10.9 Å². The van der Waals surface area contributed by atoms with Gasteiger partial charge in [-0.3, -0.25) is 9.59 Å². The van der Waals surface area contributed by atoms with Crippen LogP contribution in [0.1, 0.15) is 10.4 Å². The van der Waals surface area contributed by atoms with Crippen molar-refractivity contribution in [1.29, 1.82) is 0 Å². The van der Waals surface area contributed by atoms with E-state index in [0.717, 1.165) is 4.47 Å². The molecule has 0 aliphatic heterocycles. The first kappa shape index (κ1) is 11.6. The molecule has 17 heavy (non-hydrogen) atoms. The quantitative estimate of drug-likeness (QED) is 0.893. The fourth-order valence-electron chi connectivity index (χ4n) is 1.33. The van der Waals surface area contributed by atoms with Crippen LogP contribution in [0, 0.1) is 0 Å². The summed E-state index contributed by atoms with van der Waals surface area (Å²) in [5.74, 6) is -0.422. The molecule has 0 fully saturated rings. The van der Waals surface area contributed by atoms with E-state index in [4.69, 9.17) is 0 Å². The third kappa shape index (κ3) is 2.82. The van der Waals surface area contributed by atoms with E-state index < -0.39 is 5.91 Å². The molecule has 0 aliphatic carbocycles. The molecule has 0 saturated heterocycles. The van der Waals surface area contributed by atoms with Crippen LogP contribution < -0.4 is 10.7 Å². The molecule has 0 saturated carbocycles. The summed E-state index contributed by atoms with van der Waals surface area (Å²) in [6, 6.07) is 8.43. The van der Waals surface area contributed by atoms with Crippen LogP contribution in [0.4, 0.5) is 5.69 Å². The Morgan fingerprint density at radius 2 is 1.88 bits per heavy atom. The van der Waals surface area contributed by atoms with Gasteiger partial charge in [-0.2, -0.15) is 0 Å². The van der Waals surface area contributed by atoms with Crippen molar-refractivity contribution in [2.45, 2.75) is 0 Å². The van der Waals surface area contributed by atoms with Gasteiger partial charge in [0.25, 0.3) is 5.91 Å². The van der Waals surface area contributed by atoms with Crippen molar-refractivity contribution in [3.63, 3.8) is 0 Å². The van der Waals surface area contributed by atoms with Crippen molar-refractivity contribution >= 4 is 27.5 Å². The minimum Gasteiger partial charge on any atom is -0.367 e. The number of carbonyl (C=O) groups excluding carboxylic acids is 1. The number of pyridine rings is 1. The van der Waals surface area contributed by atoms with Gasteiger partial charge >= 0.3 is 0 Å². The third-order valence-electron chi connectivity index (χ3n) is 2.17. The Bertz CT molecular complexity index is 590. The summed E-state index contributed by atoms with van der Waals surface area (Å²) in [6.07, 6.45) is 2.87. The Morgan fingerprint density at radius 1 is 1.18 bits per heavy atom. The lowest BCUT2D eigenvalue weighted by molar-refractivity contribution is 0.102. The molecule has 2 aromatic rings. The highest BCUT2D eigenvalue weighted by Crippen LogP contribution is 2.14. The molecule has 1 aromatic heterocycles. The highest BCUT2D eigenvalue weighted by atomic mass is 79.9. The zero-order chi connectivity index (χ0) is 12.3. The second-order valence-corrected chi connectivity index (χ2v) is 4.30. The fraction of sp³-hybridized carbons (Fsp3) is 0. The Kier molecular flexibility index (Phi) is 3.39. The van der Waals surface area contributed by atoms with Crippen LogP contribution in [0.15, 0.2) is 52.0 Å². The molecule has 1 amide bonds. The smallest absolute Gasteiger partial charge is 0.261 e. The van der Waals surface area contributed by atoms with Crippen LogP contribution in [-0.2, 0) is 0 Å². The van der Waals surface area contributed by atoms with Crippen molar-refractivity contribution in [2.75, 3.05) is 5.32 Å². The highest BCUT2D eigenvalue weighted by molar-refractivity contribution is 9.10. The second-order valence-electron chi connectivity index (χ2n) is 3.38. The molecule has 5 heteroatoms. The molecule has 0 spiro atoms. The summed E-state index contributed by atoms with van der Waals surface area (Å²) in [5, 5.41) is 2.65. The molecule has 0 unspecified atom stereocenters. The van der Waals surface area contributed by atoms with Gasteiger partial charge in [-0.05, 0) is 24.3 Å². The topological polar surface area (TPSA) is 62.0 Å². The molecule has 0 radical (unpaired) electrons. The fourth-order valence-corrected chi connectivity index (χ4v) is 1.59. The number of aromatic amines is 1. The lowest BCUT2D eigenvalue weighted by atomic mass is 10.2. The number of H-pyrrole nitrogens is 1. The van der Waals surface area contributed by atoms with Crippen molar-refractivity contribution in [1.82, 2.24) is 4.98 Å². The largest absolute Gasteiger partial charge is 0.367 e. The Labute approximate surface area is 106 Å². The average Bonchev–Trinajstić information content (AvgIpc) is 2.32. The van der Waals surface area contributed by atoms with Gasteiger partial charge in [-0.1, -0.05) is 15.9 Å². The van der Waals surface area contributed by atoms with Crippen molar-refractivity contribution in [2.24, 2.45) is 0 Å². The summed E-state index contributed by atoms with van der Waals surface area (Å²) in [4.78, 5) is 25.9. The van der Waals surface area contributed by atoms with Crippen molar-refractivity contribution in [3.8, 4) is 0 Å². The van der Waals surface area contributed by atoms with Gasteiger partial charge in [0.2, 0.25) is 0 Å². The molecule has 2 rings (SSSR count). The number of benzene rings is 1. The van der Waals surface area contributed by atoms with Crippen LogP contribution in [0.5, 0.6) is 0 Å². The Hall–Kier alpha value is -1.88. The van der Waals surface area contributed by atoms with Gasteiger partial charge in [-0.15, -0.1) is 0 Å². The molecule has 86 valence electrons. The van der Waals surface area contributed by atoms with Gasteiger partial charge in [-0.25, -0.2) is 0 Å². The maximum Gasteiger partial charge on any atom is 0.261 e. The number of anilines is 1. The molecule has 2 N–H and O–H groups in total. The first-order valence-electron chi connectivity index (χ1n) is 4.91. The maximum absolute atomic E-state index is 11.8. The number of nitrogens with one attached hydrogen (secondary N) is 2. The highest BCUT2D eigenvalue weighted by Gasteiger charge is 2.09. The predicted molar refractivity (Wildman–Crippen MR) is 69.2 cm³/mol. The van der Waals surface area contributed by atoms with E-state index in [9.17, 15) is 9.59 Å². The number of hydrogen-bond donors (Lipinski definition) is 2. The minimum absolute atomic E-state index is 0.0930. The van der Waals surface area contributed by atoms with E-state index >= 15 is 0 Å². The summed E-state index contributed by atoms with van der Waals surface area (Å²) in [5.41, 5.74) is 0.426. The zero-order valence-corrected chi connectivity index (χ0v) is 10.3. The molecule has 4 nitrogen and oxygen atoms in total. The minimum atomic E-state index is -0.422. The zero-order valence-electron chi connectivity index (χ0n) is 8.74. The van der Waals surface area contributed by atoms with Crippen LogP contribution in [0.2, 0.25) is 0 Å². The van der Waals surface area contributed by atoms with Crippen LogP contribution >= 0.6 is 15.9 Å². The number of halogens is 1. The van der Waals surface area contributed by atoms with Crippen molar-refractivity contribution < 1.29 is 4.79 Å². The Balaban J connectivity index is 2.20. The molecular formula is C12H9BrN2O2. The van der Waals surface area contributed by atoms with E-state index in [2.05, 4.69) is 26.2 Å². The molecule has 0 atom stereocenters. The number of aromatic nitrogens is 1. The standard InChI is InChI=1S/C12H9BrN2O2/c13-8-1-3-9(4-2-8)15-12(17)10-7-14-6-5-11(10)16/h1-7H,(H,14,16)(H,15,17). The van der Waals surface area contributed by atoms with E-state index in [1.54, 1.807) is 12.1 Å². The number of carbonyl (C=O) groups is 1. The first-order chi connectivity index (χ1) is 8.16. The SMILES string of the molecule is O=C(Nc1ccc(Br)cc1)c1c[nH]ccc1=O. The third-order valence-corrected chi connectivity index (χ3v) is 2.70. The van der Waals surface area contributed by atoms with Gasteiger partial charge in [0, 0.05) is 28.6 Å². The summed E-state index contributed by atoms with van der Waals surface area (Å²) in [6.45, 7) is 0. The molecule has 1 aromatic carbocycles. The maximum atomic E-state index is 11.8. The molecule has 0 bridgehead atoms. The van der Waals surface area contributed by atoms with E-state index in [1.807, 2.05) is 12.1 Å². The van der Waals surface area contributed by atoms with Crippen LogP contribution in [0.25, 0.3) is 0 Å². The summed E-state index contributed by atoms with van der Waals surface area (Å²) >= 11 is 3.30. The van der Waals surface area contributed by atoms with Gasteiger partial charge in [0.1, 0.15) is 5.56 Å². The monoisotopic (exact) mass is 292 g/mol. The number of rotatable bonds is 2. The van der Waals surface area contributed by atoms with E-state index in [-0.39, 0.29) is 11.0 Å². The summed E-state index contributed by atoms with van der Waals surface area (Å²) < 4.78 is 0.924. The molecule has 0 aliphatic rings. The molecular weight excluding hydrogens is 284 g/mol. The number of hydrogen-bond acceptors (Lipinski definition) is 2. The van der Waals surface area contributed by atoms with Gasteiger partial charge in [0.15, 0.2) is 5.43 Å². The Morgan fingerprint density at radius 3 is 2.53 bits per heavy atom. The lowest BCUT2D eigenvalue weighted by Crippen LogP contribution is -2.20. The first-order valence-corrected chi connectivity index (χ1v) is 5.70. The van der Waals surface area contributed by atoms with Gasteiger partial charge < -0.3 is 10.3 Å². The number of amides is 1. The average molecular weight is 293 g/mol. The van der Waals surface area contributed by atoms with Crippen LogP contribution in [0.3, 0.4) is 0 Å². The molecule has 1 heterocycles. The van der Waals surface area contributed by atoms with Crippen molar-refractivity contribution in [3.05, 3.63) is 63.0 Å². The normalized spacial score (nSPS) is 9.94. The second kappa shape index (κ2) is 4.97. The van der Waals surface area contributed by atoms with E-state index in [1.165, 1.54) is 18.5 Å².